The zero-order chi connectivity index (χ0) is 22.5. The summed E-state index contributed by atoms with van der Waals surface area (Å²) in [5.74, 6) is 0.824. The molecule has 1 saturated heterocycles. The molecule has 3 aromatic rings. The van der Waals surface area contributed by atoms with Crippen molar-refractivity contribution in [2.45, 2.75) is 51.0 Å². The lowest BCUT2D eigenvalue weighted by Crippen LogP contribution is -2.41. The number of ether oxygens (including phenoxy) is 1. The lowest BCUT2D eigenvalue weighted by Gasteiger charge is -2.36. The third-order valence-corrected chi connectivity index (χ3v) is 6.91. The predicted octanol–water partition coefficient (Wildman–Crippen LogP) is 3.83. The Hall–Kier alpha value is -2.93. The molecule has 0 aliphatic carbocycles. The molecule has 1 amide bonds. The van der Waals surface area contributed by atoms with Crippen LogP contribution in [0.5, 0.6) is 5.75 Å². The minimum Gasteiger partial charge on any atom is -0.492 e. The molecule has 1 atom stereocenters. The highest BCUT2D eigenvalue weighted by Gasteiger charge is 2.23. The Labute approximate surface area is 195 Å². The zero-order valence-corrected chi connectivity index (χ0v) is 19.2. The van der Waals surface area contributed by atoms with Gasteiger partial charge in [-0.05, 0) is 75.4 Å². The second kappa shape index (κ2) is 10.3. The average Bonchev–Trinajstić information content (AvgIpc) is 3.28. The van der Waals surface area contributed by atoms with E-state index < -0.39 is 0 Å². The molecule has 4 heterocycles. The summed E-state index contributed by atoms with van der Waals surface area (Å²) in [5.41, 5.74) is 2.45. The molecule has 1 fully saturated rings. The molecule has 0 radical (unpaired) electrons. The summed E-state index contributed by atoms with van der Waals surface area (Å²) >= 11 is 0. The van der Waals surface area contributed by atoms with Crippen LogP contribution in [0.25, 0.3) is 5.65 Å². The number of amides is 1. The fourth-order valence-electron chi connectivity index (χ4n) is 5.11. The van der Waals surface area contributed by atoms with Gasteiger partial charge in [0.15, 0.2) is 11.3 Å². The van der Waals surface area contributed by atoms with Crippen LogP contribution in [0.3, 0.4) is 0 Å². The third kappa shape index (κ3) is 5.36. The molecular formula is C26H33N5O2. The molecule has 7 nitrogen and oxygen atoms in total. The zero-order valence-electron chi connectivity index (χ0n) is 19.2. The monoisotopic (exact) mass is 447 g/mol. The lowest BCUT2D eigenvalue weighted by atomic mass is 9.95. The number of aryl methyl sites for hydroxylation is 1. The molecule has 5 rings (SSSR count). The summed E-state index contributed by atoms with van der Waals surface area (Å²) in [4.78, 5) is 22.2. The van der Waals surface area contributed by atoms with E-state index in [4.69, 9.17) is 4.74 Å². The van der Waals surface area contributed by atoms with Gasteiger partial charge in [-0.1, -0.05) is 18.6 Å². The first-order chi connectivity index (χ1) is 16.3. The molecule has 1 aromatic carbocycles. The Morgan fingerprint density at radius 2 is 1.85 bits per heavy atom. The van der Waals surface area contributed by atoms with Gasteiger partial charge < -0.3 is 14.5 Å². The van der Waals surface area contributed by atoms with Crippen LogP contribution in [0.2, 0.25) is 0 Å². The maximum absolute atomic E-state index is 13.3. The minimum atomic E-state index is -0.0574. The van der Waals surface area contributed by atoms with Crippen molar-refractivity contribution in [2.24, 2.45) is 0 Å². The van der Waals surface area contributed by atoms with Crippen LogP contribution in [-0.2, 0) is 6.42 Å². The van der Waals surface area contributed by atoms with Gasteiger partial charge in [-0.2, -0.15) is 5.10 Å². The average molecular weight is 448 g/mol. The number of benzene rings is 1. The first kappa shape index (κ1) is 21.9. The van der Waals surface area contributed by atoms with Crippen LogP contribution in [-0.4, -0.2) is 69.1 Å². The number of nitrogens with zero attached hydrogens (tertiary/aromatic N) is 5. The topological polar surface area (TPSA) is 63.0 Å². The molecule has 0 spiro atoms. The van der Waals surface area contributed by atoms with E-state index in [0.29, 0.717) is 37.1 Å². The number of carbonyl (C=O) groups is 1. The summed E-state index contributed by atoms with van der Waals surface area (Å²) in [7, 11) is 0. The van der Waals surface area contributed by atoms with E-state index in [1.54, 1.807) is 16.8 Å². The van der Waals surface area contributed by atoms with E-state index in [1.165, 1.54) is 37.8 Å². The Bertz CT molecular complexity index is 1050. The van der Waals surface area contributed by atoms with Gasteiger partial charge in [0.05, 0.1) is 6.54 Å². The fourth-order valence-corrected chi connectivity index (χ4v) is 5.11. The van der Waals surface area contributed by atoms with Gasteiger partial charge in [0, 0.05) is 31.0 Å². The maximum Gasteiger partial charge on any atom is 0.274 e. The molecule has 2 aliphatic rings. The Balaban J connectivity index is 1.33. The summed E-state index contributed by atoms with van der Waals surface area (Å²) in [6.45, 7) is 4.03. The van der Waals surface area contributed by atoms with Gasteiger partial charge >= 0.3 is 0 Å². The smallest absolute Gasteiger partial charge is 0.274 e. The molecule has 0 N–H and O–H groups in total. The van der Waals surface area contributed by atoms with Crippen molar-refractivity contribution in [3.8, 4) is 5.75 Å². The number of carbonyl (C=O) groups excluding carboxylic acids is 1. The van der Waals surface area contributed by atoms with Gasteiger partial charge in [0.25, 0.3) is 5.91 Å². The van der Waals surface area contributed by atoms with Crippen molar-refractivity contribution in [1.82, 2.24) is 24.4 Å². The Kier molecular flexibility index (Phi) is 6.86. The van der Waals surface area contributed by atoms with Gasteiger partial charge in [-0.15, -0.1) is 0 Å². The Morgan fingerprint density at radius 3 is 2.76 bits per heavy atom. The first-order valence-corrected chi connectivity index (χ1v) is 12.3. The second-order valence-electron chi connectivity index (χ2n) is 9.17. The highest BCUT2D eigenvalue weighted by molar-refractivity contribution is 5.93. The van der Waals surface area contributed by atoms with E-state index in [9.17, 15) is 4.79 Å². The van der Waals surface area contributed by atoms with Crippen LogP contribution in [0.1, 0.15) is 54.6 Å². The van der Waals surface area contributed by atoms with E-state index in [-0.39, 0.29) is 5.91 Å². The predicted molar refractivity (Wildman–Crippen MR) is 128 cm³/mol. The van der Waals surface area contributed by atoms with Crippen molar-refractivity contribution in [3.63, 3.8) is 0 Å². The molecule has 2 bridgehead atoms. The van der Waals surface area contributed by atoms with Gasteiger partial charge in [-0.3, -0.25) is 4.79 Å². The third-order valence-electron chi connectivity index (χ3n) is 6.91. The largest absolute Gasteiger partial charge is 0.492 e. The summed E-state index contributed by atoms with van der Waals surface area (Å²) in [6.07, 6.45) is 11.8. The number of piperidine rings is 1. The quantitative estimate of drug-likeness (QED) is 0.567. The Morgan fingerprint density at radius 1 is 0.970 bits per heavy atom. The van der Waals surface area contributed by atoms with Crippen molar-refractivity contribution in [2.75, 3.05) is 32.8 Å². The summed E-state index contributed by atoms with van der Waals surface area (Å²) in [6, 6.07) is 12.7. The highest BCUT2D eigenvalue weighted by Crippen LogP contribution is 2.23. The minimum absolute atomic E-state index is 0.0574. The van der Waals surface area contributed by atoms with Gasteiger partial charge in [0.2, 0.25) is 0 Å². The van der Waals surface area contributed by atoms with E-state index in [0.717, 1.165) is 31.6 Å². The molecule has 2 aromatic heterocycles. The van der Waals surface area contributed by atoms with Crippen molar-refractivity contribution in [3.05, 3.63) is 60.0 Å². The first-order valence-electron chi connectivity index (χ1n) is 12.3. The van der Waals surface area contributed by atoms with Gasteiger partial charge in [0.1, 0.15) is 12.4 Å². The number of rotatable bonds is 1. The molecule has 33 heavy (non-hydrogen) atoms. The number of aromatic nitrogens is 3. The van der Waals surface area contributed by atoms with E-state index >= 15 is 0 Å². The molecule has 0 saturated carbocycles. The molecule has 7 heteroatoms. The van der Waals surface area contributed by atoms with Crippen LogP contribution in [0, 0.1) is 0 Å². The van der Waals surface area contributed by atoms with Crippen LogP contribution >= 0.6 is 0 Å². The fraction of sp³-hybridized carbons (Fsp3) is 0.500. The lowest BCUT2D eigenvalue weighted by molar-refractivity contribution is 0.0715. The standard InChI is InChI=1S/C26H33N5O2/c32-26(24-20-25-27-12-6-16-31(25)28-24)30-15-4-3-14-29-13-2-1-8-22(29)11-10-21-7-5-9-23(19-21)33-18-17-30/h5-7,9,12,16,19-20,22H,1-4,8,10-11,13-15,17-18H2. The maximum atomic E-state index is 13.3. The van der Waals surface area contributed by atoms with Crippen LogP contribution in [0.15, 0.2) is 48.8 Å². The molecular weight excluding hydrogens is 414 g/mol. The molecule has 1 unspecified atom stereocenters. The molecule has 2 aliphatic heterocycles. The van der Waals surface area contributed by atoms with Crippen LogP contribution < -0.4 is 4.74 Å². The SMILES string of the molecule is O=C(c1cc2ncccn2n1)N1CCCCN2CCCCC2CCc2cccc(c2)OCC1. The van der Waals surface area contributed by atoms with Crippen molar-refractivity contribution >= 4 is 11.6 Å². The van der Waals surface area contributed by atoms with Crippen molar-refractivity contribution in [1.29, 1.82) is 0 Å². The van der Waals surface area contributed by atoms with Gasteiger partial charge in [-0.25, -0.2) is 9.50 Å². The molecule has 174 valence electrons. The van der Waals surface area contributed by atoms with Crippen LogP contribution in [0.4, 0.5) is 0 Å². The van der Waals surface area contributed by atoms with E-state index in [1.807, 2.05) is 23.2 Å². The second-order valence-corrected chi connectivity index (χ2v) is 9.17. The van der Waals surface area contributed by atoms with E-state index in [2.05, 4.69) is 33.2 Å². The number of hydrogen-bond acceptors (Lipinski definition) is 5. The summed E-state index contributed by atoms with van der Waals surface area (Å²) < 4.78 is 7.71. The normalized spacial score (nSPS) is 21.0. The number of hydrogen-bond donors (Lipinski definition) is 0. The summed E-state index contributed by atoms with van der Waals surface area (Å²) in [5, 5.41) is 4.45. The van der Waals surface area contributed by atoms with Crippen molar-refractivity contribution < 1.29 is 9.53 Å². The highest BCUT2D eigenvalue weighted by atomic mass is 16.5. The number of fused-ring (bicyclic) bond motifs is 4.